The number of nitrogens with one attached hydrogen (secondary N) is 1. The number of sulfonamides is 1. The average molecular weight is 401 g/mol. The third-order valence-electron chi connectivity index (χ3n) is 4.46. The third-order valence-corrected chi connectivity index (χ3v) is 6.35. The molecule has 1 N–H and O–H groups in total. The summed E-state index contributed by atoms with van der Waals surface area (Å²) in [6.45, 7) is 4.09. The molecule has 0 saturated carbocycles. The normalized spacial score (nSPS) is 18.3. The Morgan fingerprint density at radius 2 is 1.86 bits per heavy atom. The van der Waals surface area contributed by atoms with Crippen molar-refractivity contribution in [2.45, 2.75) is 23.9 Å². The zero-order chi connectivity index (χ0) is 20.3. The number of carbonyl (C=O) groups is 1. The number of hydrogen-bond acceptors (Lipinski definition) is 5. The molecule has 1 saturated heterocycles. The Bertz CT molecular complexity index is 1020. The molecule has 1 unspecified atom stereocenters. The Morgan fingerprint density at radius 1 is 1.21 bits per heavy atom. The van der Waals surface area contributed by atoms with E-state index in [1.165, 1.54) is 12.1 Å². The van der Waals surface area contributed by atoms with E-state index in [1.54, 1.807) is 6.08 Å². The maximum atomic E-state index is 12.6. The number of nitrogens with zero attached hydrogens (tertiary/aromatic N) is 2. The van der Waals surface area contributed by atoms with Gasteiger partial charge in [0.15, 0.2) is 0 Å². The van der Waals surface area contributed by atoms with Crippen molar-refractivity contribution in [3.8, 4) is 0 Å². The Hall–Kier alpha value is -3.04. The van der Waals surface area contributed by atoms with Gasteiger partial charge in [-0.1, -0.05) is 30.3 Å². The number of hydrogen-bond donors (Lipinski definition) is 1. The van der Waals surface area contributed by atoms with E-state index in [-0.39, 0.29) is 23.0 Å². The van der Waals surface area contributed by atoms with Crippen LogP contribution in [-0.2, 0) is 27.8 Å². The van der Waals surface area contributed by atoms with Gasteiger partial charge < -0.3 is 5.32 Å². The molecule has 0 radical (unpaired) electrons. The Kier molecular flexibility index (Phi) is 5.57. The van der Waals surface area contributed by atoms with Crippen molar-refractivity contribution in [3.63, 3.8) is 0 Å². The summed E-state index contributed by atoms with van der Waals surface area (Å²) in [5.41, 5.74) is 1.79. The van der Waals surface area contributed by atoms with Crippen LogP contribution < -0.4 is 5.32 Å². The smallest absolute Gasteiger partial charge is 0.269 e. The molecule has 0 spiro atoms. The second kappa shape index (κ2) is 7.91. The highest BCUT2D eigenvalue weighted by atomic mass is 32.2. The van der Waals surface area contributed by atoms with E-state index in [9.17, 15) is 23.3 Å². The van der Waals surface area contributed by atoms with Gasteiger partial charge in [0.25, 0.3) is 5.69 Å². The molecule has 0 aromatic heterocycles. The summed E-state index contributed by atoms with van der Waals surface area (Å²) < 4.78 is 26.2. The molecule has 1 aliphatic rings. The zero-order valence-electron chi connectivity index (χ0n) is 14.9. The number of allylic oxidation sites excluding steroid dienone is 1. The Balaban J connectivity index is 1.63. The van der Waals surface area contributed by atoms with Crippen LogP contribution in [0.4, 0.5) is 5.69 Å². The highest BCUT2D eigenvalue weighted by molar-refractivity contribution is 7.89. The number of benzene rings is 2. The van der Waals surface area contributed by atoms with Gasteiger partial charge in [0, 0.05) is 25.2 Å². The summed E-state index contributed by atoms with van der Waals surface area (Å²) in [7, 11) is -3.87. The molecule has 8 nitrogen and oxygen atoms in total. The van der Waals surface area contributed by atoms with Crippen LogP contribution in [0, 0.1) is 10.1 Å². The second-order valence-corrected chi connectivity index (χ2v) is 8.21. The van der Waals surface area contributed by atoms with E-state index in [1.807, 2.05) is 24.3 Å². The van der Waals surface area contributed by atoms with E-state index >= 15 is 0 Å². The van der Waals surface area contributed by atoms with Gasteiger partial charge in [-0.25, -0.2) is 8.42 Å². The topological polar surface area (TPSA) is 109 Å². The monoisotopic (exact) mass is 401 g/mol. The van der Waals surface area contributed by atoms with Crippen molar-refractivity contribution in [2.24, 2.45) is 0 Å². The summed E-state index contributed by atoms with van der Waals surface area (Å²) in [6, 6.07) is 11.5. The molecular weight excluding hydrogens is 382 g/mol. The number of carbonyl (C=O) groups excluding carboxylic acids is 1. The van der Waals surface area contributed by atoms with E-state index in [2.05, 4.69) is 11.9 Å². The lowest BCUT2D eigenvalue weighted by Gasteiger charge is -2.10. The summed E-state index contributed by atoms with van der Waals surface area (Å²) in [6.07, 6.45) is 2.45. The molecule has 146 valence electrons. The highest BCUT2D eigenvalue weighted by Crippen LogP contribution is 2.29. The van der Waals surface area contributed by atoms with E-state index in [0.717, 1.165) is 27.6 Å². The number of rotatable bonds is 8. The number of amides is 1. The van der Waals surface area contributed by atoms with Gasteiger partial charge in [-0.3, -0.25) is 14.9 Å². The van der Waals surface area contributed by atoms with Gasteiger partial charge >= 0.3 is 0 Å². The van der Waals surface area contributed by atoms with Gasteiger partial charge in [-0.15, -0.1) is 6.58 Å². The summed E-state index contributed by atoms with van der Waals surface area (Å²) >= 11 is 0. The minimum atomic E-state index is -3.87. The molecule has 2 aromatic carbocycles. The number of non-ortho nitro benzene ring substituents is 1. The SMILES string of the molecule is C=CCc1ccccc1CNC(=O)[C@H]1CN1S(=O)(=O)c1ccc([N+](=O)[O-])cc1. The van der Waals surface area contributed by atoms with Crippen LogP contribution in [0.2, 0.25) is 0 Å². The molecule has 28 heavy (non-hydrogen) atoms. The lowest BCUT2D eigenvalue weighted by Crippen LogP contribution is -2.31. The van der Waals surface area contributed by atoms with Crippen molar-refractivity contribution in [1.29, 1.82) is 0 Å². The Morgan fingerprint density at radius 3 is 2.46 bits per heavy atom. The van der Waals surface area contributed by atoms with Crippen molar-refractivity contribution in [2.75, 3.05) is 6.54 Å². The quantitative estimate of drug-likeness (QED) is 0.315. The fourth-order valence-corrected chi connectivity index (χ4v) is 4.38. The van der Waals surface area contributed by atoms with E-state index in [0.29, 0.717) is 13.0 Å². The van der Waals surface area contributed by atoms with Crippen LogP contribution >= 0.6 is 0 Å². The first-order chi connectivity index (χ1) is 13.3. The van der Waals surface area contributed by atoms with Gasteiger partial charge in [0.1, 0.15) is 6.04 Å². The highest BCUT2D eigenvalue weighted by Gasteiger charge is 2.49. The summed E-state index contributed by atoms with van der Waals surface area (Å²) in [5, 5.41) is 13.5. The fourth-order valence-electron chi connectivity index (χ4n) is 2.86. The molecule has 1 fully saturated rings. The molecule has 9 heteroatoms. The fraction of sp³-hybridized carbons (Fsp3) is 0.211. The molecule has 2 atom stereocenters. The van der Waals surface area contributed by atoms with Gasteiger partial charge in [0.05, 0.1) is 9.82 Å². The van der Waals surface area contributed by atoms with E-state index < -0.39 is 21.0 Å². The lowest BCUT2D eigenvalue weighted by molar-refractivity contribution is -0.384. The molecule has 1 amide bonds. The van der Waals surface area contributed by atoms with Crippen LogP contribution in [0.1, 0.15) is 11.1 Å². The van der Waals surface area contributed by atoms with E-state index in [4.69, 9.17) is 0 Å². The third kappa shape index (κ3) is 4.10. The molecule has 1 aliphatic heterocycles. The first-order valence-corrected chi connectivity index (χ1v) is 10.0. The molecule has 0 aliphatic carbocycles. The minimum absolute atomic E-state index is 0.0790. The molecule has 2 aromatic rings. The average Bonchev–Trinajstić information content (AvgIpc) is 3.49. The number of nitro benzene ring substituents is 1. The molecule has 3 rings (SSSR count). The van der Waals surface area contributed by atoms with Gasteiger partial charge in [-0.2, -0.15) is 4.31 Å². The standard InChI is InChI=1S/C19H19N3O5S/c1-2-5-14-6-3-4-7-15(14)12-20-19(23)18-13-21(18)28(26,27)17-10-8-16(9-11-17)22(24)25/h2-4,6-11,18H,1,5,12-13H2,(H,20,23)/t18-,21?/m1/s1. The Labute approximate surface area is 162 Å². The maximum Gasteiger partial charge on any atom is 0.269 e. The van der Waals surface area contributed by atoms with Crippen molar-refractivity contribution in [3.05, 3.63) is 82.4 Å². The summed E-state index contributed by atoms with van der Waals surface area (Å²) in [5.74, 6) is -0.376. The van der Waals surface area contributed by atoms with Crippen LogP contribution in [0.25, 0.3) is 0 Å². The van der Waals surface area contributed by atoms with Crippen LogP contribution in [0.15, 0.2) is 66.1 Å². The van der Waals surface area contributed by atoms with Crippen LogP contribution in [0.3, 0.4) is 0 Å². The zero-order valence-corrected chi connectivity index (χ0v) is 15.8. The van der Waals surface area contributed by atoms with Crippen LogP contribution in [0.5, 0.6) is 0 Å². The van der Waals surface area contributed by atoms with Gasteiger partial charge in [0.2, 0.25) is 15.9 Å². The number of nitro groups is 1. The van der Waals surface area contributed by atoms with Crippen molar-refractivity contribution >= 4 is 21.6 Å². The predicted molar refractivity (Wildman–Crippen MR) is 103 cm³/mol. The molecular formula is C19H19N3O5S. The lowest BCUT2D eigenvalue weighted by atomic mass is 10.0. The van der Waals surface area contributed by atoms with Crippen LogP contribution in [-0.4, -0.2) is 36.1 Å². The van der Waals surface area contributed by atoms with Crippen molar-refractivity contribution < 1.29 is 18.1 Å². The first-order valence-electron chi connectivity index (χ1n) is 8.56. The predicted octanol–water partition coefficient (Wildman–Crippen LogP) is 2.01. The minimum Gasteiger partial charge on any atom is -0.351 e. The molecule has 0 bridgehead atoms. The van der Waals surface area contributed by atoms with Gasteiger partial charge in [-0.05, 0) is 29.7 Å². The molecule has 1 heterocycles. The second-order valence-electron chi connectivity index (χ2n) is 6.32. The summed E-state index contributed by atoms with van der Waals surface area (Å²) in [4.78, 5) is 22.4. The first kappa shape index (κ1) is 19.7. The largest absolute Gasteiger partial charge is 0.351 e. The maximum absolute atomic E-state index is 12.6. The van der Waals surface area contributed by atoms with Crippen molar-refractivity contribution in [1.82, 2.24) is 9.62 Å².